The maximum absolute atomic E-state index is 14.3. The van der Waals surface area contributed by atoms with Crippen LogP contribution in [0, 0.1) is 17.1 Å². The van der Waals surface area contributed by atoms with Gasteiger partial charge < -0.3 is 14.6 Å². The quantitative estimate of drug-likeness (QED) is 0.868. The molecule has 0 aliphatic carbocycles. The van der Waals surface area contributed by atoms with Gasteiger partial charge in [-0.3, -0.25) is 0 Å². The third kappa shape index (κ3) is 3.47. The fraction of sp³-hybridized carbons (Fsp3) is 0.471. The molecule has 1 fully saturated rings. The summed E-state index contributed by atoms with van der Waals surface area (Å²) in [6.45, 7) is 8.39. The third-order valence-electron chi connectivity index (χ3n) is 4.43. The van der Waals surface area contributed by atoms with Crippen LogP contribution >= 0.6 is 0 Å². The van der Waals surface area contributed by atoms with Gasteiger partial charge in [-0.2, -0.15) is 5.26 Å². The summed E-state index contributed by atoms with van der Waals surface area (Å²) in [4.78, 5) is 0. The summed E-state index contributed by atoms with van der Waals surface area (Å²) in [5.41, 5.74) is 0.232. The van der Waals surface area contributed by atoms with E-state index in [0.717, 1.165) is 5.47 Å². The highest BCUT2D eigenvalue weighted by atomic mass is 19.1. The summed E-state index contributed by atoms with van der Waals surface area (Å²) in [7, 11) is 1.25. The smallest absolute Gasteiger partial charge is 0.400 e. The van der Waals surface area contributed by atoms with Gasteiger partial charge >= 0.3 is 7.12 Å². The average Bonchev–Trinajstić information content (AvgIpc) is 2.69. The minimum atomic E-state index is -0.558. The number of benzene rings is 1. The molecule has 0 unspecified atom stereocenters. The molecule has 0 radical (unpaired) electrons. The van der Waals surface area contributed by atoms with Crippen LogP contribution in [0.3, 0.4) is 0 Å². The maximum atomic E-state index is 14.3. The molecule has 1 N–H and O–H groups in total. The van der Waals surface area contributed by atoms with Crippen molar-refractivity contribution in [2.24, 2.45) is 0 Å². The van der Waals surface area contributed by atoms with E-state index in [2.05, 4.69) is 5.32 Å². The fourth-order valence-corrected chi connectivity index (χ4v) is 2.35. The lowest BCUT2D eigenvalue weighted by molar-refractivity contribution is 0.00578. The number of nitrogens with zero attached hydrogens (tertiary/aromatic N) is 1. The van der Waals surface area contributed by atoms with Crippen LogP contribution in [-0.4, -0.2) is 31.9 Å². The number of rotatable bonds is 4. The van der Waals surface area contributed by atoms with Crippen molar-refractivity contribution in [1.82, 2.24) is 5.32 Å². The van der Waals surface area contributed by atoms with E-state index in [-0.39, 0.29) is 5.56 Å². The Labute approximate surface area is 137 Å². The van der Waals surface area contributed by atoms with E-state index in [9.17, 15) is 4.39 Å². The van der Waals surface area contributed by atoms with Gasteiger partial charge in [0.15, 0.2) is 0 Å². The molecule has 23 heavy (non-hydrogen) atoms. The van der Waals surface area contributed by atoms with Crippen LogP contribution in [-0.2, 0) is 9.31 Å². The van der Waals surface area contributed by atoms with Crippen LogP contribution in [0.15, 0.2) is 23.7 Å². The Morgan fingerprint density at radius 1 is 1.30 bits per heavy atom. The predicted octanol–water partition coefficient (Wildman–Crippen LogP) is 2.93. The molecular weight excluding hydrogens is 294 g/mol. The highest BCUT2D eigenvalue weighted by molar-refractivity contribution is 6.55. The second kappa shape index (κ2) is 6.44. The van der Waals surface area contributed by atoms with Gasteiger partial charge in [0, 0.05) is 12.1 Å². The van der Waals surface area contributed by atoms with Crippen LogP contribution in [0.1, 0.15) is 38.8 Å². The van der Waals surface area contributed by atoms with Crippen molar-refractivity contribution >= 4 is 13.2 Å². The predicted molar refractivity (Wildman–Crippen MR) is 89.1 cm³/mol. The minimum Gasteiger partial charge on any atom is -0.400 e. The first-order chi connectivity index (χ1) is 10.7. The van der Waals surface area contributed by atoms with Crippen LogP contribution in [0.5, 0.6) is 0 Å². The number of hydrogen-bond acceptors (Lipinski definition) is 4. The summed E-state index contributed by atoms with van der Waals surface area (Å²) in [5, 5.41) is 12.0. The zero-order valence-electron chi connectivity index (χ0n) is 14.2. The Balaban J connectivity index is 2.39. The summed E-state index contributed by atoms with van der Waals surface area (Å²) in [6.07, 6.45) is 1.69. The van der Waals surface area contributed by atoms with Gasteiger partial charge in [0.2, 0.25) is 0 Å². The second-order valence-corrected chi connectivity index (χ2v) is 6.66. The van der Waals surface area contributed by atoms with E-state index in [1.54, 1.807) is 25.3 Å². The van der Waals surface area contributed by atoms with Crippen molar-refractivity contribution in [1.29, 1.82) is 5.26 Å². The maximum Gasteiger partial charge on any atom is 0.491 e. The van der Waals surface area contributed by atoms with E-state index < -0.39 is 24.1 Å². The lowest BCUT2D eigenvalue weighted by atomic mass is 9.77. The molecule has 2 rings (SSSR count). The molecule has 1 saturated heterocycles. The van der Waals surface area contributed by atoms with Gasteiger partial charge in [-0.25, -0.2) is 4.39 Å². The molecule has 4 nitrogen and oxygen atoms in total. The summed E-state index contributed by atoms with van der Waals surface area (Å²) in [5.74, 6) is -0.528. The number of likely N-dealkylation sites (N-methyl/N-ethyl adjacent to an activating group) is 1. The topological polar surface area (TPSA) is 54.3 Å². The van der Waals surface area contributed by atoms with Gasteiger partial charge in [0.25, 0.3) is 0 Å². The van der Waals surface area contributed by atoms with E-state index in [4.69, 9.17) is 14.6 Å². The molecule has 122 valence electrons. The van der Waals surface area contributed by atoms with Gasteiger partial charge in [-0.1, -0.05) is 18.2 Å². The van der Waals surface area contributed by atoms with E-state index in [1.165, 1.54) is 6.07 Å². The highest BCUT2D eigenvalue weighted by Gasteiger charge is 2.52. The largest absolute Gasteiger partial charge is 0.491 e. The minimum absolute atomic E-state index is 0.0245. The molecule has 0 bridgehead atoms. The van der Waals surface area contributed by atoms with Crippen LogP contribution < -0.4 is 5.32 Å². The SMILES string of the molecule is CNCC(=Cc1cccc(C#N)c1F)B1OC(C)(C)C(C)(C)O1. The Morgan fingerprint density at radius 2 is 1.91 bits per heavy atom. The van der Waals surface area contributed by atoms with Crippen molar-refractivity contribution in [3.8, 4) is 6.07 Å². The van der Waals surface area contributed by atoms with Crippen molar-refractivity contribution in [2.75, 3.05) is 13.6 Å². The normalized spacial score (nSPS) is 19.7. The number of nitrogens with one attached hydrogen (secondary N) is 1. The highest BCUT2D eigenvalue weighted by Crippen LogP contribution is 2.38. The first kappa shape index (κ1) is 17.7. The van der Waals surface area contributed by atoms with Gasteiger partial charge in [-0.15, -0.1) is 0 Å². The fourth-order valence-electron chi connectivity index (χ4n) is 2.35. The monoisotopic (exact) mass is 316 g/mol. The first-order valence-electron chi connectivity index (χ1n) is 7.61. The molecule has 0 saturated carbocycles. The molecule has 1 aliphatic rings. The summed E-state index contributed by atoms with van der Waals surface area (Å²) in [6, 6.07) is 6.61. The zero-order chi connectivity index (χ0) is 17.3. The number of halogens is 1. The van der Waals surface area contributed by atoms with E-state index in [0.29, 0.717) is 12.1 Å². The zero-order valence-corrected chi connectivity index (χ0v) is 14.2. The molecule has 1 aromatic carbocycles. The second-order valence-electron chi connectivity index (χ2n) is 6.66. The molecule has 0 aromatic heterocycles. The molecule has 1 heterocycles. The lowest BCUT2D eigenvalue weighted by Gasteiger charge is -2.32. The van der Waals surface area contributed by atoms with Crippen LogP contribution in [0.2, 0.25) is 0 Å². The Morgan fingerprint density at radius 3 is 2.43 bits per heavy atom. The van der Waals surface area contributed by atoms with Crippen molar-refractivity contribution < 1.29 is 13.7 Å². The molecule has 0 atom stereocenters. The molecule has 1 aromatic rings. The molecule has 6 heteroatoms. The number of nitriles is 1. The third-order valence-corrected chi connectivity index (χ3v) is 4.43. The van der Waals surface area contributed by atoms with Crippen molar-refractivity contribution in [2.45, 2.75) is 38.9 Å². The molecule has 1 aliphatic heterocycles. The van der Waals surface area contributed by atoms with Crippen LogP contribution in [0.4, 0.5) is 4.39 Å². The lowest BCUT2D eigenvalue weighted by Crippen LogP contribution is -2.41. The molecule has 0 spiro atoms. The Bertz CT molecular complexity index is 649. The summed E-state index contributed by atoms with van der Waals surface area (Å²) >= 11 is 0. The average molecular weight is 316 g/mol. The Kier molecular flexibility index (Phi) is 4.95. The van der Waals surface area contributed by atoms with Gasteiger partial charge in [0.05, 0.1) is 16.8 Å². The first-order valence-corrected chi connectivity index (χ1v) is 7.61. The van der Waals surface area contributed by atoms with Gasteiger partial charge in [0.1, 0.15) is 11.9 Å². The molecule has 0 amide bonds. The van der Waals surface area contributed by atoms with Gasteiger partial charge in [-0.05, 0) is 46.3 Å². The van der Waals surface area contributed by atoms with Crippen LogP contribution in [0.25, 0.3) is 6.08 Å². The summed E-state index contributed by atoms with van der Waals surface area (Å²) < 4.78 is 26.4. The number of hydrogen-bond donors (Lipinski definition) is 1. The van der Waals surface area contributed by atoms with Crippen molar-refractivity contribution in [3.63, 3.8) is 0 Å². The van der Waals surface area contributed by atoms with Crippen molar-refractivity contribution in [3.05, 3.63) is 40.6 Å². The standard InChI is InChI=1S/C17H22BFN2O2/c1-16(2)17(3,4)23-18(22-16)14(11-21-5)9-12-7-6-8-13(10-20)15(12)19/h6-9,21H,11H2,1-5H3. The van der Waals surface area contributed by atoms with E-state index >= 15 is 0 Å². The van der Waals surface area contributed by atoms with E-state index in [1.807, 2.05) is 33.8 Å². The Hall–Kier alpha value is -1.68. The molecular formula is C17H22BFN2O2.